The zero-order valence-corrected chi connectivity index (χ0v) is 13.1. The van der Waals surface area contributed by atoms with E-state index in [9.17, 15) is 4.39 Å². The van der Waals surface area contributed by atoms with E-state index < -0.39 is 0 Å². The standard InChI is InChI=1S/C17H23FN4/c1-13(2)7-10-20-17-21-12-9-16(22-17)19-11-8-14-3-5-15(18)6-4-14/h3-6,9,12-13H,7-8,10-11H2,1-2H3,(H2,19,20,21,22). The van der Waals surface area contributed by atoms with Crippen LogP contribution in [-0.4, -0.2) is 23.1 Å². The Morgan fingerprint density at radius 3 is 2.55 bits per heavy atom. The molecule has 0 amide bonds. The normalized spacial score (nSPS) is 10.7. The van der Waals surface area contributed by atoms with Gasteiger partial charge in [0.2, 0.25) is 5.95 Å². The quantitative estimate of drug-likeness (QED) is 0.780. The zero-order chi connectivity index (χ0) is 15.8. The Balaban J connectivity index is 1.78. The number of hydrogen-bond acceptors (Lipinski definition) is 4. The zero-order valence-electron chi connectivity index (χ0n) is 13.1. The number of aromatic nitrogens is 2. The minimum Gasteiger partial charge on any atom is -0.370 e. The lowest BCUT2D eigenvalue weighted by Gasteiger charge is -2.09. The fourth-order valence-corrected chi connectivity index (χ4v) is 2.00. The molecule has 0 aliphatic rings. The first-order valence-electron chi connectivity index (χ1n) is 7.68. The molecular formula is C17H23FN4. The predicted octanol–water partition coefficient (Wildman–Crippen LogP) is 3.73. The summed E-state index contributed by atoms with van der Waals surface area (Å²) in [6.07, 6.45) is 3.65. The van der Waals surface area contributed by atoms with Gasteiger partial charge in [0.15, 0.2) is 0 Å². The van der Waals surface area contributed by atoms with Gasteiger partial charge in [0.05, 0.1) is 0 Å². The summed E-state index contributed by atoms with van der Waals surface area (Å²) < 4.78 is 12.8. The lowest BCUT2D eigenvalue weighted by molar-refractivity contribution is 0.606. The molecule has 1 aromatic heterocycles. The van der Waals surface area contributed by atoms with E-state index in [0.717, 1.165) is 37.3 Å². The molecule has 5 heteroatoms. The fourth-order valence-electron chi connectivity index (χ4n) is 2.00. The van der Waals surface area contributed by atoms with Crippen molar-refractivity contribution in [3.8, 4) is 0 Å². The van der Waals surface area contributed by atoms with Crippen LogP contribution in [0, 0.1) is 11.7 Å². The first-order valence-corrected chi connectivity index (χ1v) is 7.68. The molecule has 1 heterocycles. The van der Waals surface area contributed by atoms with E-state index >= 15 is 0 Å². The largest absolute Gasteiger partial charge is 0.370 e. The van der Waals surface area contributed by atoms with Gasteiger partial charge in [0.1, 0.15) is 11.6 Å². The Morgan fingerprint density at radius 2 is 1.82 bits per heavy atom. The number of nitrogens with zero attached hydrogens (tertiary/aromatic N) is 2. The molecule has 22 heavy (non-hydrogen) atoms. The van der Waals surface area contributed by atoms with E-state index in [1.807, 2.05) is 6.07 Å². The highest BCUT2D eigenvalue weighted by Crippen LogP contribution is 2.08. The van der Waals surface area contributed by atoms with Gasteiger partial charge in [-0.3, -0.25) is 0 Å². The summed E-state index contributed by atoms with van der Waals surface area (Å²) in [7, 11) is 0. The monoisotopic (exact) mass is 302 g/mol. The maximum Gasteiger partial charge on any atom is 0.224 e. The minimum atomic E-state index is -0.204. The van der Waals surface area contributed by atoms with E-state index in [1.54, 1.807) is 18.3 Å². The van der Waals surface area contributed by atoms with Crippen molar-refractivity contribution in [2.75, 3.05) is 23.7 Å². The SMILES string of the molecule is CC(C)CCNc1nccc(NCCc2ccc(F)cc2)n1. The van der Waals surface area contributed by atoms with Crippen LogP contribution in [0.3, 0.4) is 0 Å². The number of nitrogens with one attached hydrogen (secondary N) is 2. The van der Waals surface area contributed by atoms with E-state index in [2.05, 4.69) is 34.4 Å². The molecule has 118 valence electrons. The fraction of sp³-hybridized carbons (Fsp3) is 0.412. The summed E-state index contributed by atoms with van der Waals surface area (Å²) in [5.41, 5.74) is 1.10. The van der Waals surface area contributed by atoms with Crippen LogP contribution in [0.5, 0.6) is 0 Å². The summed E-state index contributed by atoms with van der Waals surface area (Å²) in [4.78, 5) is 8.63. The van der Waals surface area contributed by atoms with Gasteiger partial charge in [-0.25, -0.2) is 9.37 Å². The van der Waals surface area contributed by atoms with Crippen LogP contribution in [0.25, 0.3) is 0 Å². The lowest BCUT2D eigenvalue weighted by atomic mass is 10.1. The maximum absolute atomic E-state index is 12.8. The average molecular weight is 302 g/mol. The smallest absolute Gasteiger partial charge is 0.224 e. The van der Waals surface area contributed by atoms with Crippen LogP contribution in [0.1, 0.15) is 25.8 Å². The molecular weight excluding hydrogens is 279 g/mol. The molecule has 2 aromatic rings. The van der Waals surface area contributed by atoms with Crippen molar-refractivity contribution in [3.05, 3.63) is 47.9 Å². The third kappa shape index (κ3) is 5.68. The highest BCUT2D eigenvalue weighted by atomic mass is 19.1. The van der Waals surface area contributed by atoms with Crippen LogP contribution in [0.15, 0.2) is 36.5 Å². The molecule has 0 atom stereocenters. The van der Waals surface area contributed by atoms with Gasteiger partial charge in [0, 0.05) is 19.3 Å². The molecule has 2 rings (SSSR count). The summed E-state index contributed by atoms with van der Waals surface area (Å²) in [6.45, 7) is 6.00. The van der Waals surface area contributed by atoms with Gasteiger partial charge in [0.25, 0.3) is 0 Å². The third-order valence-corrected chi connectivity index (χ3v) is 3.29. The summed E-state index contributed by atoms with van der Waals surface area (Å²) >= 11 is 0. The number of hydrogen-bond donors (Lipinski definition) is 2. The van der Waals surface area contributed by atoms with Gasteiger partial charge in [-0.05, 0) is 42.5 Å². The molecule has 1 aromatic carbocycles. The van der Waals surface area contributed by atoms with E-state index in [-0.39, 0.29) is 5.82 Å². The van der Waals surface area contributed by atoms with Crippen LogP contribution in [0.2, 0.25) is 0 Å². The molecule has 0 spiro atoms. The Hall–Kier alpha value is -2.17. The summed E-state index contributed by atoms with van der Waals surface area (Å²) in [5, 5.41) is 6.49. The van der Waals surface area contributed by atoms with Crippen molar-refractivity contribution in [1.82, 2.24) is 9.97 Å². The van der Waals surface area contributed by atoms with Crippen molar-refractivity contribution in [3.63, 3.8) is 0 Å². The molecule has 0 bridgehead atoms. The Labute approximate surface area is 131 Å². The van der Waals surface area contributed by atoms with Crippen LogP contribution >= 0.6 is 0 Å². The van der Waals surface area contributed by atoms with Crippen LogP contribution < -0.4 is 10.6 Å². The molecule has 0 saturated heterocycles. The average Bonchev–Trinajstić information content (AvgIpc) is 2.49. The molecule has 0 unspecified atom stereocenters. The molecule has 0 radical (unpaired) electrons. The third-order valence-electron chi connectivity index (χ3n) is 3.29. The Kier molecular flexibility index (Phi) is 6.13. The number of benzene rings is 1. The van der Waals surface area contributed by atoms with E-state index in [1.165, 1.54) is 12.1 Å². The van der Waals surface area contributed by atoms with Crippen molar-refractivity contribution in [2.24, 2.45) is 5.92 Å². The summed E-state index contributed by atoms with van der Waals surface area (Å²) in [5.74, 6) is 1.89. The Bertz CT molecular complexity index is 569. The highest BCUT2D eigenvalue weighted by Gasteiger charge is 2.00. The maximum atomic E-state index is 12.8. The molecule has 0 fully saturated rings. The predicted molar refractivity (Wildman–Crippen MR) is 88.6 cm³/mol. The van der Waals surface area contributed by atoms with Gasteiger partial charge in [-0.1, -0.05) is 26.0 Å². The topological polar surface area (TPSA) is 49.8 Å². The van der Waals surface area contributed by atoms with Gasteiger partial charge in [-0.15, -0.1) is 0 Å². The van der Waals surface area contributed by atoms with Gasteiger partial charge >= 0.3 is 0 Å². The second-order valence-electron chi connectivity index (χ2n) is 5.68. The second kappa shape index (κ2) is 8.32. The van der Waals surface area contributed by atoms with Gasteiger partial charge in [-0.2, -0.15) is 4.98 Å². The van der Waals surface area contributed by atoms with Crippen molar-refractivity contribution in [1.29, 1.82) is 0 Å². The molecule has 4 nitrogen and oxygen atoms in total. The second-order valence-corrected chi connectivity index (χ2v) is 5.68. The highest BCUT2D eigenvalue weighted by molar-refractivity contribution is 5.39. The van der Waals surface area contributed by atoms with Crippen LogP contribution in [0.4, 0.5) is 16.2 Å². The number of halogens is 1. The van der Waals surface area contributed by atoms with Gasteiger partial charge < -0.3 is 10.6 Å². The number of rotatable bonds is 8. The molecule has 0 aliphatic carbocycles. The molecule has 0 aliphatic heterocycles. The first-order chi connectivity index (χ1) is 10.6. The van der Waals surface area contributed by atoms with Crippen molar-refractivity contribution in [2.45, 2.75) is 26.7 Å². The number of anilines is 2. The summed E-state index contributed by atoms with van der Waals surface area (Å²) in [6, 6.07) is 8.41. The van der Waals surface area contributed by atoms with Crippen molar-refractivity contribution >= 4 is 11.8 Å². The van der Waals surface area contributed by atoms with E-state index in [0.29, 0.717) is 11.9 Å². The molecule has 2 N–H and O–H groups in total. The Morgan fingerprint density at radius 1 is 1.05 bits per heavy atom. The first kappa shape index (κ1) is 16.2. The molecule has 0 saturated carbocycles. The van der Waals surface area contributed by atoms with Crippen molar-refractivity contribution < 1.29 is 4.39 Å². The lowest BCUT2D eigenvalue weighted by Crippen LogP contribution is -2.10. The van der Waals surface area contributed by atoms with Crippen LogP contribution in [-0.2, 0) is 6.42 Å². The van der Waals surface area contributed by atoms with E-state index in [4.69, 9.17) is 0 Å². The minimum absolute atomic E-state index is 0.204.